The molecule has 0 unspecified atom stereocenters. The van der Waals surface area contributed by atoms with E-state index in [1.54, 1.807) is 6.33 Å². The van der Waals surface area contributed by atoms with E-state index in [1.807, 2.05) is 18.5 Å². The highest BCUT2D eigenvalue weighted by Crippen LogP contribution is 2.00. The van der Waals surface area contributed by atoms with Crippen LogP contribution in [0.25, 0.3) is 0 Å². The molecule has 0 aliphatic rings. The lowest BCUT2D eigenvalue weighted by Crippen LogP contribution is -2.32. The average molecular weight is 267 g/mol. The van der Waals surface area contributed by atoms with Crippen LogP contribution in [0.2, 0.25) is 0 Å². The van der Waals surface area contributed by atoms with Gasteiger partial charge in [-0.15, -0.1) is 0 Å². The van der Waals surface area contributed by atoms with Gasteiger partial charge in [-0.1, -0.05) is 13.8 Å². The molecule has 0 atom stereocenters. The van der Waals surface area contributed by atoms with Crippen molar-refractivity contribution in [1.29, 1.82) is 0 Å². The summed E-state index contributed by atoms with van der Waals surface area (Å²) in [5, 5.41) is 10.3. The van der Waals surface area contributed by atoms with Gasteiger partial charge in [0.25, 0.3) is 0 Å². The fourth-order valence-electron chi connectivity index (χ4n) is 1.72. The predicted molar refractivity (Wildman–Crippen MR) is 74.5 cm³/mol. The van der Waals surface area contributed by atoms with Gasteiger partial charge in [0.1, 0.15) is 12.2 Å². The second kappa shape index (κ2) is 7.89. The Morgan fingerprint density at radius 3 is 2.74 bits per heavy atom. The number of nitrogens with one attached hydrogen (secondary N) is 2. The second-order valence-corrected chi connectivity index (χ2v) is 5.40. The van der Waals surface area contributed by atoms with Crippen molar-refractivity contribution >= 4 is 5.91 Å². The first-order valence-electron chi connectivity index (χ1n) is 6.85. The van der Waals surface area contributed by atoms with Crippen molar-refractivity contribution in [2.45, 2.75) is 53.2 Å². The molecule has 1 heterocycles. The Balaban J connectivity index is 2.26. The van der Waals surface area contributed by atoms with Crippen molar-refractivity contribution in [3.05, 3.63) is 12.2 Å². The number of rotatable bonds is 8. The van der Waals surface area contributed by atoms with Gasteiger partial charge in [0.15, 0.2) is 0 Å². The van der Waals surface area contributed by atoms with Crippen LogP contribution in [0.4, 0.5) is 0 Å². The van der Waals surface area contributed by atoms with E-state index >= 15 is 0 Å². The van der Waals surface area contributed by atoms with Crippen molar-refractivity contribution in [2.75, 3.05) is 6.54 Å². The summed E-state index contributed by atoms with van der Waals surface area (Å²) in [4.78, 5) is 15.7. The molecular weight excluding hydrogens is 242 g/mol. The molecule has 1 amide bonds. The van der Waals surface area contributed by atoms with Gasteiger partial charge < -0.3 is 10.6 Å². The van der Waals surface area contributed by atoms with E-state index in [0.717, 1.165) is 12.4 Å². The number of hydrogen-bond acceptors (Lipinski definition) is 4. The molecule has 0 spiro atoms. The van der Waals surface area contributed by atoms with Crippen molar-refractivity contribution in [2.24, 2.45) is 5.92 Å². The molecule has 0 radical (unpaired) electrons. The third-order valence-corrected chi connectivity index (χ3v) is 2.50. The molecule has 108 valence electrons. The second-order valence-electron chi connectivity index (χ2n) is 5.40. The van der Waals surface area contributed by atoms with Crippen LogP contribution < -0.4 is 10.6 Å². The molecule has 0 fully saturated rings. The Morgan fingerprint density at radius 1 is 1.37 bits per heavy atom. The van der Waals surface area contributed by atoms with Gasteiger partial charge in [0, 0.05) is 25.6 Å². The first-order valence-corrected chi connectivity index (χ1v) is 6.85. The molecule has 0 bridgehead atoms. The topological polar surface area (TPSA) is 71.8 Å². The minimum atomic E-state index is 0.0751. The lowest BCUT2D eigenvalue weighted by atomic mass is 10.2. The molecule has 0 saturated heterocycles. The zero-order valence-corrected chi connectivity index (χ0v) is 12.3. The summed E-state index contributed by atoms with van der Waals surface area (Å²) in [6.45, 7) is 10.4. The third kappa shape index (κ3) is 6.33. The first-order chi connectivity index (χ1) is 8.99. The molecule has 19 heavy (non-hydrogen) atoms. The molecular formula is C13H25N5O. The highest BCUT2D eigenvalue weighted by Gasteiger charge is 2.06. The standard InChI is InChI=1S/C13H25N5O/c1-10(2)8-18-12(15-9-16-18)7-14-6-5-13(19)17-11(3)4/h9-11,14H,5-8H2,1-4H3,(H,17,19). The lowest BCUT2D eigenvalue weighted by Gasteiger charge is -2.10. The summed E-state index contributed by atoms with van der Waals surface area (Å²) in [5.41, 5.74) is 0. The average Bonchev–Trinajstić information content (AvgIpc) is 2.70. The van der Waals surface area contributed by atoms with Crippen LogP contribution in [0.3, 0.4) is 0 Å². The quantitative estimate of drug-likeness (QED) is 0.688. The highest BCUT2D eigenvalue weighted by molar-refractivity contribution is 5.76. The summed E-state index contributed by atoms with van der Waals surface area (Å²) in [6.07, 6.45) is 2.06. The number of hydrogen-bond donors (Lipinski definition) is 2. The molecule has 1 aromatic heterocycles. The highest BCUT2D eigenvalue weighted by atomic mass is 16.1. The monoisotopic (exact) mass is 267 g/mol. The van der Waals surface area contributed by atoms with Crippen LogP contribution in [-0.4, -0.2) is 33.3 Å². The molecule has 0 aromatic carbocycles. The Bertz CT molecular complexity index is 386. The van der Waals surface area contributed by atoms with Crippen LogP contribution in [-0.2, 0) is 17.9 Å². The lowest BCUT2D eigenvalue weighted by molar-refractivity contribution is -0.121. The number of aromatic nitrogens is 3. The zero-order chi connectivity index (χ0) is 14.3. The fourth-order valence-corrected chi connectivity index (χ4v) is 1.72. The van der Waals surface area contributed by atoms with E-state index in [2.05, 4.69) is 34.6 Å². The fraction of sp³-hybridized carbons (Fsp3) is 0.769. The molecule has 6 heteroatoms. The summed E-state index contributed by atoms with van der Waals surface area (Å²) in [7, 11) is 0. The molecule has 2 N–H and O–H groups in total. The van der Waals surface area contributed by atoms with Crippen LogP contribution >= 0.6 is 0 Å². The largest absolute Gasteiger partial charge is 0.354 e. The summed E-state index contributed by atoms with van der Waals surface area (Å²) in [5.74, 6) is 1.53. The van der Waals surface area contributed by atoms with Crippen molar-refractivity contribution in [1.82, 2.24) is 25.4 Å². The maximum absolute atomic E-state index is 11.4. The molecule has 0 aliphatic heterocycles. The Morgan fingerprint density at radius 2 is 2.11 bits per heavy atom. The van der Waals surface area contributed by atoms with Gasteiger partial charge in [-0.05, 0) is 19.8 Å². The molecule has 6 nitrogen and oxygen atoms in total. The van der Waals surface area contributed by atoms with Gasteiger partial charge >= 0.3 is 0 Å². The van der Waals surface area contributed by atoms with E-state index in [1.165, 1.54) is 0 Å². The molecule has 0 aliphatic carbocycles. The normalized spacial score (nSPS) is 11.3. The number of amides is 1. The number of nitrogens with zero attached hydrogens (tertiary/aromatic N) is 3. The van der Waals surface area contributed by atoms with Crippen LogP contribution in [0.15, 0.2) is 6.33 Å². The third-order valence-electron chi connectivity index (χ3n) is 2.50. The first kappa shape index (κ1) is 15.6. The van der Waals surface area contributed by atoms with E-state index in [-0.39, 0.29) is 11.9 Å². The maximum atomic E-state index is 11.4. The van der Waals surface area contributed by atoms with Gasteiger partial charge in [-0.3, -0.25) is 4.79 Å². The molecule has 1 rings (SSSR count). The van der Waals surface area contributed by atoms with Gasteiger partial charge in [0.2, 0.25) is 5.91 Å². The van der Waals surface area contributed by atoms with E-state index in [0.29, 0.717) is 25.4 Å². The Labute approximate surface area is 115 Å². The number of carbonyl (C=O) groups excluding carboxylic acids is 1. The minimum Gasteiger partial charge on any atom is -0.354 e. The minimum absolute atomic E-state index is 0.0751. The predicted octanol–water partition coefficient (Wildman–Crippen LogP) is 0.938. The van der Waals surface area contributed by atoms with Crippen molar-refractivity contribution in [3.63, 3.8) is 0 Å². The van der Waals surface area contributed by atoms with Crippen LogP contribution in [0.5, 0.6) is 0 Å². The van der Waals surface area contributed by atoms with E-state index in [4.69, 9.17) is 0 Å². The Hall–Kier alpha value is -1.43. The van der Waals surface area contributed by atoms with E-state index < -0.39 is 0 Å². The van der Waals surface area contributed by atoms with Gasteiger partial charge in [0.05, 0.1) is 6.54 Å². The van der Waals surface area contributed by atoms with Crippen LogP contribution in [0, 0.1) is 5.92 Å². The van der Waals surface area contributed by atoms with Gasteiger partial charge in [-0.2, -0.15) is 5.10 Å². The van der Waals surface area contributed by atoms with E-state index in [9.17, 15) is 4.79 Å². The van der Waals surface area contributed by atoms with Gasteiger partial charge in [-0.25, -0.2) is 9.67 Å². The van der Waals surface area contributed by atoms with Crippen LogP contribution in [0.1, 0.15) is 39.9 Å². The SMILES string of the molecule is CC(C)Cn1ncnc1CNCCC(=O)NC(C)C. The molecule has 1 aromatic rings. The summed E-state index contributed by atoms with van der Waals surface area (Å²) >= 11 is 0. The Kier molecular flexibility index (Phi) is 6.49. The van der Waals surface area contributed by atoms with Crippen molar-refractivity contribution < 1.29 is 4.79 Å². The summed E-state index contributed by atoms with van der Waals surface area (Å²) in [6, 6.07) is 0.196. The van der Waals surface area contributed by atoms with Crippen molar-refractivity contribution in [3.8, 4) is 0 Å². The summed E-state index contributed by atoms with van der Waals surface area (Å²) < 4.78 is 1.91. The number of carbonyl (C=O) groups is 1. The maximum Gasteiger partial charge on any atom is 0.221 e. The molecule has 0 saturated carbocycles. The zero-order valence-electron chi connectivity index (χ0n) is 12.3. The smallest absolute Gasteiger partial charge is 0.221 e.